The molecule has 477 valence electrons. The summed E-state index contributed by atoms with van der Waals surface area (Å²) in [4.78, 5) is 46.8. The van der Waals surface area contributed by atoms with Crippen molar-refractivity contribution in [2.24, 2.45) is 0 Å². The number of hydrogen-bond donors (Lipinski definition) is 4. The molecule has 3 aromatic heterocycles. The molecule has 10 aromatic rings. The Kier molecular flexibility index (Phi) is 18.7. The van der Waals surface area contributed by atoms with Crippen molar-refractivity contribution in [1.29, 1.82) is 0 Å². The van der Waals surface area contributed by atoms with E-state index in [-0.39, 0.29) is 17.9 Å². The molecule has 13 rings (SSSR count). The van der Waals surface area contributed by atoms with Crippen LogP contribution in [0.5, 0.6) is 0 Å². The predicted octanol–water partition coefficient (Wildman–Crippen LogP) is 21.3. The Morgan fingerprint density at radius 3 is 1.15 bits per heavy atom. The van der Waals surface area contributed by atoms with Gasteiger partial charge in [0.1, 0.15) is 0 Å². The van der Waals surface area contributed by atoms with Gasteiger partial charge in [0.25, 0.3) is 11.8 Å². The van der Waals surface area contributed by atoms with Gasteiger partial charge >= 0.3 is 0 Å². The lowest BCUT2D eigenvalue weighted by molar-refractivity contribution is -0.289. The van der Waals surface area contributed by atoms with Crippen molar-refractivity contribution >= 4 is 63.9 Å². The minimum Gasteiger partial charge on any atom is -0.354 e. The maximum atomic E-state index is 14.3. The Morgan fingerprint density at radius 1 is 0.432 bits per heavy atom. The summed E-state index contributed by atoms with van der Waals surface area (Å²) in [5, 5.41) is 20.8. The topological polar surface area (TPSA) is 139 Å². The first-order valence-corrected chi connectivity index (χ1v) is 34.1. The summed E-state index contributed by atoms with van der Waals surface area (Å²) < 4.78 is 0. The largest absolute Gasteiger partial charge is 0.354 e. The molecule has 10 nitrogen and oxygen atoms in total. The Labute approximate surface area is 559 Å². The van der Waals surface area contributed by atoms with Crippen LogP contribution in [0.15, 0.2) is 200 Å². The van der Waals surface area contributed by atoms with Crippen LogP contribution in [0.25, 0.3) is 113 Å². The number of fused-ring (bicyclic) bond motifs is 8. The molecule has 95 heavy (non-hydrogen) atoms. The van der Waals surface area contributed by atoms with Gasteiger partial charge in [-0.15, -0.1) is 10.3 Å². The van der Waals surface area contributed by atoms with Crippen molar-refractivity contribution in [3.63, 3.8) is 0 Å². The van der Waals surface area contributed by atoms with Gasteiger partial charge in [-0.25, -0.2) is 9.97 Å². The highest BCUT2D eigenvalue weighted by Crippen LogP contribution is 2.42. The number of hydroxylamine groups is 2. The van der Waals surface area contributed by atoms with Gasteiger partial charge in [0.05, 0.1) is 22.8 Å². The number of nitrogens with zero attached hydrogens (tertiary/aromatic N) is 3. The van der Waals surface area contributed by atoms with Crippen LogP contribution in [-0.4, -0.2) is 53.9 Å². The number of unbranched alkanes of at least 4 members (excludes halogenated alkanes) is 6. The quantitative estimate of drug-likeness (QED) is 0.0563. The first-order valence-electron chi connectivity index (χ1n) is 34.1. The Balaban J connectivity index is 0.823. The van der Waals surface area contributed by atoms with Crippen molar-refractivity contribution in [2.75, 3.05) is 5.32 Å². The summed E-state index contributed by atoms with van der Waals surface area (Å²) in [6, 6.07) is 68.9. The molecule has 1 radical (unpaired) electrons. The predicted molar refractivity (Wildman–Crippen MR) is 393 cm³/mol. The van der Waals surface area contributed by atoms with Crippen molar-refractivity contribution in [3.05, 3.63) is 245 Å². The third-order valence-corrected chi connectivity index (χ3v) is 19.1. The normalized spacial score (nSPS) is 14.3. The zero-order chi connectivity index (χ0) is 65.6. The van der Waals surface area contributed by atoms with Crippen LogP contribution >= 0.6 is 0 Å². The third-order valence-electron chi connectivity index (χ3n) is 19.1. The van der Waals surface area contributed by atoms with E-state index in [1.165, 1.54) is 40.2 Å². The molecule has 1 saturated heterocycles. The molecule has 10 heteroatoms. The number of aryl methyl sites for hydroxylation is 2. The van der Waals surface area contributed by atoms with E-state index in [2.05, 4.69) is 204 Å². The van der Waals surface area contributed by atoms with E-state index in [4.69, 9.17) is 9.97 Å². The number of aromatic nitrogens is 4. The van der Waals surface area contributed by atoms with Gasteiger partial charge in [0, 0.05) is 78.3 Å². The van der Waals surface area contributed by atoms with Crippen LogP contribution < -0.4 is 10.6 Å². The highest BCUT2D eigenvalue weighted by Gasteiger charge is 2.46. The lowest BCUT2D eigenvalue weighted by Crippen LogP contribution is -2.62. The first-order chi connectivity index (χ1) is 46.2. The average Bonchev–Trinajstić information content (AvgIpc) is 1.45. The van der Waals surface area contributed by atoms with E-state index in [0.717, 1.165) is 152 Å². The SMILES string of the molecule is CCCCCCc1cc(-c2ccc(C(=O)NC3CC(C)(C)N([O])C(C)(C)C3)cc2)c(CCCCCC)cc1-c1ccc(C(=O)Nc2ccc(-c3c4nc(c(-c5ccccc5)c5ccc([nH]5)c(-c5ccccc5)c5nc(c(-c6ccccc6)c6ccc3[nH]6)C=C5)C=C4)cc2)cc1. The summed E-state index contributed by atoms with van der Waals surface area (Å²) in [5.41, 5.74) is 22.8. The Bertz CT molecular complexity index is 4600. The molecule has 3 aliphatic heterocycles. The minimum absolute atomic E-state index is 0.101. The smallest absolute Gasteiger partial charge is 0.255 e. The number of aromatic amines is 2. The molecule has 0 saturated carbocycles. The number of carbonyl (C=O) groups is 2. The van der Waals surface area contributed by atoms with E-state index < -0.39 is 11.1 Å². The molecule has 0 atom stereocenters. The number of nitrogens with one attached hydrogen (secondary N) is 4. The van der Waals surface area contributed by atoms with E-state index in [1.54, 1.807) is 0 Å². The molecule has 8 bridgehead atoms. The fourth-order valence-corrected chi connectivity index (χ4v) is 14.5. The van der Waals surface area contributed by atoms with Crippen LogP contribution in [0.3, 0.4) is 0 Å². The Hall–Kier alpha value is -10.0. The molecule has 0 unspecified atom stereocenters. The number of amides is 2. The number of carbonyl (C=O) groups excluding carboxylic acids is 2. The molecule has 4 N–H and O–H groups in total. The number of rotatable bonds is 20. The van der Waals surface area contributed by atoms with Gasteiger partial charge in [-0.1, -0.05) is 192 Å². The maximum absolute atomic E-state index is 14.3. The van der Waals surface area contributed by atoms with Gasteiger partial charge in [0.15, 0.2) is 0 Å². The summed E-state index contributed by atoms with van der Waals surface area (Å²) in [5.74, 6) is -0.309. The molecule has 6 heterocycles. The van der Waals surface area contributed by atoms with Crippen LogP contribution in [0.1, 0.15) is 160 Å². The zero-order valence-electron chi connectivity index (χ0n) is 55.5. The maximum Gasteiger partial charge on any atom is 0.255 e. The van der Waals surface area contributed by atoms with E-state index in [1.807, 2.05) is 82.3 Å². The van der Waals surface area contributed by atoms with Gasteiger partial charge in [-0.3, -0.25) is 9.59 Å². The summed E-state index contributed by atoms with van der Waals surface area (Å²) >= 11 is 0. The fourth-order valence-electron chi connectivity index (χ4n) is 14.5. The third kappa shape index (κ3) is 13.8. The van der Waals surface area contributed by atoms with E-state index in [0.29, 0.717) is 29.7 Å². The molecule has 0 spiro atoms. The van der Waals surface area contributed by atoms with Gasteiger partial charge in [-0.05, 0) is 207 Å². The fraction of sp³-hybridized carbons (Fsp3) is 0.247. The van der Waals surface area contributed by atoms with Gasteiger partial charge in [0.2, 0.25) is 0 Å². The van der Waals surface area contributed by atoms with Crippen molar-refractivity contribution < 1.29 is 14.8 Å². The molecule has 3 aliphatic rings. The van der Waals surface area contributed by atoms with Crippen molar-refractivity contribution in [2.45, 2.75) is 136 Å². The van der Waals surface area contributed by atoms with Crippen LogP contribution in [0.2, 0.25) is 0 Å². The summed E-state index contributed by atoms with van der Waals surface area (Å²) in [6.07, 6.45) is 20.6. The summed E-state index contributed by atoms with van der Waals surface area (Å²) in [7, 11) is 0. The first kappa shape index (κ1) is 63.7. The molecule has 2 amide bonds. The van der Waals surface area contributed by atoms with Crippen LogP contribution in [0.4, 0.5) is 5.69 Å². The average molecular weight is 1250 g/mol. The second-order valence-electron chi connectivity index (χ2n) is 27.1. The summed E-state index contributed by atoms with van der Waals surface area (Å²) in [6.45, 7) is 12.3. The lowest BCUT2D eigenvalue weighted by Gasteiger charge is -2.50. The van der Waals surface area contributed by atoms with Gasteiger partial charge < -0.3 is 20.6 Å². The highest BCUT2D eigenvalue weighted by molar-refractivity contribution is 6.05. The molecular formula is C85H84N7O3. The number of benzene rings is 7. The van der Waals surface area contributed by atoms with Crippen molar-refractivity contribution in [1.82, 2.24) is 30.3 Å². The highest BCUT2D eigenvalue weighted by atomic mass is 16.5. The van der Waals surface area contributed by atoms with Crippen LogP contribution in [0, 0.1) is 0 Å². The van der Waals surface area contributed by atoms with E-state index in [9.17, 15) is 14.8 Å². The van der Waals surface area contributed by atoms with E-state index >= 15 is 0 Å². The molecular weight excluding hydrogens is 1170 g/mol. The van der Waals surface area contributed by atoms with Crippen molar-refractivity contribution in [3.8, 4) is 66.8 Å². The zero-order valence-corrected chi connectivity index (χ0v) is 55.5. The standard InChI is InChI=1S/C85H84N7O3/c1-7-9-11-16-30-64-53-69(57-34-38-63(39-35-57)83(94)87-67-54-84(3,4)92(95)85(5,6)55-67)65(31-17-12-10-8-2)52-68(64)56-32-36-62(37-33-56)82(93)86-66-42-40-61(41-43-66)81-76-50-48-74(90-76)79(59-26-20-14-21-27-59)72-46-44-70(88-72)78(58-24-18-13-19-25-58)71-45-47-73(89-71)80(60-28-22-15-23-29-60)75-49-51-77(81)91-75/h13-15,18-29,32-53,67,88,91H,7-12,16-17,30-31,54-55H2,1-6H3,(H,86,93)(H,87,94). The number of piperidine rings is 1. The lowest BCUT2D eigenvalue weighted by atomic mass is 9.79. The van der Waals surface area contributed by atoms with Gasteiger partial charge in [-0.2, -0.15) is 0 Å². The Morgan fingerprint density at radius 2 is 0.779 bits per heavy atom. The second kappa shape index (κ2) is 27.9. The monoisotopic (exact) mass is 1250 g/mol. The second-order valence-corrected chi connectivity index (χ2v) is 27.1. The minimum atomic E-state index is -0.579. The molecule has 7 aromatic carbocycles. The van der Waals surface area contributed by atoms with Crippen LogP contribution in [-0.2, 0) is 18.0 Å². The number of H-pyrrole nitrogens is 2. The molecule has 0 aliphatic carbocycles. The number of hydrogen-bond acceptors (Lipinski definition) is 5. The number of anilines is 1. The molecule has 1 fully saturated rings.